The topological polar surface area (TPSA) is 69.9 Å². The van der Waals surface area contributed by atoms with Gasteiger partial charge in [0.1, 0.15) is 6.54 Å². The number of aliphatic hydroxyl groups excluding tert-OH is 1. The number of aliphatic imine (C=N–C) groups is 1. The summed E-state index contributed by atoms with van der Waals surface area (Å²) in [7, 11) is 0. The minimum absolute atomic E-state index is 0.0603. The molecule has 5 nitrogen and oxygen atoms in total. The van der Waals surface area contributed by atoms with Crippen molar-refractivity contribution < 1.29 is 19.5 Å². The average Bonchev–Trinajstić information content (AvgIpc) is 3.08. The largest absolute Gasteiger partial charge is 0.477 e. The van der Waals surface area contributed by atoms with Gasteiger partial charge >= 0.3 is 5.97 Å². The monoisotopic (exact) mass is 411 g/mol. The molecule has 29 heavy (non-hydrogen) atoms. The van der Waals surface area contributed by atoms with Crippen LogP contribution in [0.5, 0.6) is 0 Å². The molecule has 0 aromatic rings. The zero-order valence-electron chi connectivity index (χ0n) is 19.2. The van der Waals surface area contributed by atoms with E-state index in [1.165, 1.54) is 89.9 Å². The third kappa shape index (κ3) is 10.6. The van der Waals surface area contributed by atoms with Gasteiger partial charge in [0.15, 0.2) is 12.8 Å². The molecule has 2 N–H and O–H groups in total. The maximum Gasteiger partial charge on any atom is 0.359 e. The van der Waals surface area contributed by atoms with Gasteiger partial charge in [-0.15, -0.1) is 0 Å². The van der Waals surface area contributed by atoms with Crippen molar-refractivity contribution in [3.05, 3.63) is 0 Å². The summed E-state index contributed by atoms with van der Waals surface area (Å²) in [6.07, 6.45) is 20.2. The molecule has 1 aliphatic rings. The molecule has 1 heterocycles. The van der Waals surface area contributed by atoms with Gasteiger partial charge in [-0.3, -0.25) is 0 Å². The van der Waals surface area contributed by atoms with Crippen LogP contribution < -0.4 is 0 Å². The van der Waals surface area contributed by atoms with E-state index in [2.05, 4.69) is 11.9 Å². The molecule has 0 fully saturated rings. The molecule has 5 heteroatoms. The number of rotatable bonds is 19. The van der Waals surface area contributed by atoms with Crippen LogP contribution in [0.2, 0.25) is 0 Å². The number of quaternary nitrogens is 1. The van der Waals surface area contributed by atoms with Crippen molar-refractivity contribution in [3.63, 3.8) is 0 Å². The zero-order chi connectivity index (χ0) is 21.4. The second-order valence-corrected chi connectivity index (χ2v) is 8.94. The fourth-order valence-electron chi connectivity index (χ4n) is 4.53. The molecule has 0 aromatic carbocycles. The molecule has 1 aliphatic heterocycles. The lowest BCUT2D eigenvalue weighted by atomic mass is 10.0. The number of carboxylic acid groups (broad SMARTS) is 1. The summed E-state index contributed by atoms with van der Waals surface area (Å²) < 4.78 is 0.133. The number of hydrogen-bond acceptors (Lipinski definition) is 3. The fraction of sp³-hybridized carbons (Fsp3) is 0.917. The van der Waals surface area contributed by atoms with Crippen LogP contribution in [0, 0.1) is 0 Å². The van der Waals surface area contributed by atoms with Crippen LogP contribution in [0.25, 0.3) is 0 Å². The maximum atomic E-state index is 11.2. The van der Waals surface area contributed by atoms with Crippen LogP contribution in [0.4, 0.5) is 0 Å². The second kappa shape index (κ2) is 15.8. The predicted octanol–water partition coefficient (Wildman–Crippen LogP) is 5.90. The van der Waals surface area contributed by atoms with Crippen LogP contribution in [0.1, 0.15) is 117 Å². The summed E-state index contributed by atoms with van der Waals surface area (Å²) in [5, 5.41) is 19.4. The molecule has 0 amide bonds. The van der Waals surface area contributed by atoms with Gasteiger partial charge in [0.05, 0.1) is 6.54 Å². The zero-order valence-corrected chi connectivity index (χ0v) is 19.2. The van der Waals surface area contributed by atoms with Gasteiger partial charge in [-0.2, -0.15) is 0 Å². The summed E-state index contributed by atoms with van der Waals surface area (Å²) in [6.45, 7) is 5.14. The standard InChI is InChI=1S/C24H46N2O3/c1-3-4-5-6-7-8-9-10-11-12-13-14-15-16-17-18-23-25-19-20-26(23,22(2)27)21-24(28)29/h22,27H,3-21H2,1-2H3/p+1. The van der Waals surface area contributed by atoms with Crippen molar-refractivity contribution in [1.29, 1.82) is 0 Å². The van der Waals surface area contributed by atoms with Gasteiger partial charge in [0.2, 0.25) is 5.84 Å². The molecule has 1 rings (SSSR count). The first-order valence-electron chi connectivity index (χ1n) is 12.3. The van der Waals surface area contributed by atoms with E-state index in [9.17, 15) is 15.0 Å². The maximum absolute atomic E-state index is 11.2. The quantitative estimate of drug-likeness (QED) is 0.205. The van der Waals surface area contributed by atoms with Crippen LogP contribution in [0.15, 0.2) is 4.99 Å². The van der Waals surface area contributed by atoms with E-state index < -0.39 is 12.2 Å². The number of carboxylic acids is 1. The minimum Gasteiger partial charge on any atom is -0.477 e. The molecule has 170 valence electrons. The van der Waals surface area contributed by atoms with Gasteiger partial charge in [-0.25, -0.2) is 14.3 Å². The molecule has 0 bridgehead atoms. The summed E-state index contributed by atoms with van der Waals surface area (Å²) in [4.78, 5) is 15.8. The lowest BCUT2D eigenvalue weighted by molar-refractivity contribution is -0.877. The van der Waals surface area contributed by atoms with Crippen LogP contribution in [-0.2, 0) is 4.79 Å². The highest BCUT2D eigenvalue weighted by Crippen LogP contribution is 2.23. The summed E-state index contributed by atoms with van der Waals surface area (Å²) in [5.74, 6) is 0.0223. The molecular weight excluding hydrogens is 364 g/mol. The van der Waals surface area contributed by atoms with Gasteiger partial charge in [-0.05, 0) is 6.42 Å². The Bertz CT molecular complexity index is 465. The third-order valence-electron chi connectivity index (χ3n) is 6.44. The average molecular weight is 412 g/mol. The van der Waals surface area contributed by atoms with Crippen LogP contribution >= 0.6 is 0 Å². The summed E-state index contributed by atoms with van der Waals surface area (Å²) >= 11 is 0. The Morgan fingerprint density at radius 1 is 0.897 bits per heavy atom. The summed E-state index contributed by atoms with van der Waals surface area (Å²) in [6, 6.07) is 0. The number of nitrogens with zero attached hydrogens (tertiary/aromatic N) is 2. The van der Waals surface area contributed by atoms with Crippen molar-refractivity contribution in [1.82, 2.24) is 0 Å². The Morgan fingerprint density at radius 2 is 1.34 bits per heavy atom. The Labute approximate surface area is 179 Å². The Hall–Kier alpha value is -0.940. The molecule has 0 radical (unpaired) electrons. The Kier molecular flexibility index (Phi) is 14.3. The van der Waals surface area contributed by atoms with E-state index in [1.54, 1.807) is 6.92 Å². The van der Waals surface area contributed by atoms with Gasteiger partial charge < -0.3 is 10.2 Å². The van der Waals surface area contributed by atoms with E-state index in [0.29, 0.717) is 13.1 Å². The van der Waals surface area contributed by atoms with Crippen LogP contribution in [0.3, 0.4) is 0 Å². The van der Waals surface area contributed by atoms with Crippen molar-refractivity contribution in [2.24, 2.45) is 4.99 Å². The SMILES string of the molecule is CCCCCCCCCCCCCCCCCC1=NCC[N+]1(CC(=O)O)C(C)O. The number of hydrogen-bond donors (Lipinski definition) is 2. The second-order valence-electron chi connectivity index (χ2n) is 8.94. The first-order valence-corrected chi connectivity index (χ1v) is 12.3. The lowest BCUT2D eigenvalue weighted by Crippen LogP contribution is -2.59. The van der Waals surface area contributed by atoms with Crippen molar-refractivity contribution in [2.45, 2.75) is 123 Å². The highest BCUT2D eigenvalue weighted by Gasteiger charge is 2.43. The van der Waals surface area contributed by atoms with E-state index in [1.807, 2.05) is 0 Å². The first-order chi connectivity index (χ1) is 14.0. The number of aliphatic hydroxyl groups is 1. The lowest BCUT2D eigenvalue weighted by Gasteiger charge is -2.35. The highest BCUT2D eigenvalue weighted by molar-refractivity contribution is 5.80. The molecule has 2 unspecified atom stereocenters. The molecule has 0 saturated carbocycles. The van der Waals surface area contributed by atoms with E-state index in [0.717, 1.165) is 18.7 Å². The molecule has 0 saturated heterocycles. The van der Waals surface area contributed by atoms with Gasteiger partial charge in [0, 0.05) is 13.3 Å². The fourth-order valence-corrected chi connectivity index (χ4v) is 4.53. The molecule has 2 atom stereocenters. The smallest absolute Gasteiger partial charge is 0.359 e. The molecular formula is C24H47N2O3+. The summed E-state index contributed by atoms with van der Waals surface area (Å²) in [5.41, 5.74) is 0. The first kappa shape index (κ1) is 26.1. The van der Waals surface area contributed by atoms with Crippen LogP contribution in [-0.4, -0.2) is 52.4 Å². The van der Waals surface area contributed by atoms with Gasteiger partial charge in [0.25, 0.3) is 0 Å². The van der Waals surface area contributed by atoms with E-state index in [-0.39, 0.29) is 11.0 Å². The van der Waals surface area contributed by atoms with Crippen molar-refractivity contribution in [3.8, 4) is 0 Å². The minimum atomic E-state index is -0.864. The number of unbranched alkanes of at least 4 members (excludes halogenated alkanes) is 14. The normalized spacial score (nSPS) is 20.0. The third-order valence-corrected chi connectivity index (χ3v) is 6.44. The Morgan fingerprint density at radius 3 is 1.76 bits per heavy atom. The predicted molar refractivity (Wildman–Crippen MR) is 121 cm³/mol. The number of aliphatic carboxylic acids is 1. The van der Waals surface area contributed by atoms with E-state index in [4.69, 9.17) is 0 Å². The van der Waals surface area contributed by atoms with E-state index >= 15 is 0 Å². The molecule has 0 aromatic heterocycles. The van der Waals surface area contributed by atoms with Crippen molar-refractivity contribution >= 4 is 11.8 Å². The Balaban J connectivity index is 2.00. The highest BCUT2D eigenvalue weighted by atomic mass is 16.4. The molecule has 0 spiro atoms. The van der Waals surface area contributed by atoms with Gasteiger partial charge in [-0.1, -0.05) is 96.8 Å². The number of amidine groups is 1. The number of carbonyl (C=O) groups is 1. The molecule has 0 aliphatic carbocycles. The van der Waals surface area contributed by atoms with Crippen molar-refractivity contribution in [2.75, 3.05) is 19.6 Å².